The predicted molar refractivity (Wildman–Crippen MR) is 114 cm³/mol. The van der Waals surface area contributed by atoms with Crippen LogP contribution in [-0.4, -0.2) is 50.3 Å². The number of nitrogens with one attached hydrogen (secondary N) is 1. The molecule has 156 valence electrons. The van der Waals surface area contributed by atoms with E-state index in [0.717, 1.165) is 31.7 Å². The maximum absolute atomic E-state index is 12.7. The van der Waals surface area contributed by atoms with Gasteiger partial charge in [-0.1, -0.05) is 19.1 Å². The molecule has 1 saturated heterocycles. The van der Waals surface area contributed by atoms with Crippen molar-refractivity contribution in [3.05, 3.63) is 48.5 Å². The van der Waals surface area contributed by atoms with Crippen molar-refractivity contribution < 1.29 is 19.0 Å². The number of carbonyl (C=O) groups excluding carboxylic acids is 1. The molecule has 1 amide bonds. The van der Waals surface area contributed by atoms with Gasteiger partial charge in [0.05, 0.1) is 7.11 Å². The topological polar surface area (TPSA) is 60.0 Å². The minimum Gasteiger partial charge on any atom is -0.493 e. The van der Waals surface area contributed by atoms with Gasteiger partial charge in [0.1, 0.15) is 11.9 Å². The zero-order valence-corrected chi connectivity index (χ0v) is 17.4. The lowest BCUT2D eigenvalue weighted by Crippen LogP contribution is -2.35. The summed E-state index contributed by atoms with van der Waals surface area (Å²) in [6.07, 6.45) is 2.26. The number of anilines is 1. The van der Waals surface area contributed by atoms with Crippen molar-refractivity contribution in [3.8, 4) is 17.2 Å². The first-order valence-corrected chi connectivity index (χ1v) is 10.1. The summed E-state index contributed by atoms with van der Waals surface area (Å²) in [5.74, 6) is 1.80. The summed E-state index contributed by atoms with van der Waals surface area (Å²) in [6.45, 7) is 4.03. The quantitative estimate of drug-likeness (QED) is 0.729. The number of hydrogen-bond acceptors (Lipinski definition) is 5. The summed E-state index contributed by atoms with van der Waals surface area (Å²) in [5.41, 5.74) is 0.716. The molecule has 1 heterocycles. The molecule has 0 spiro atoms. The summed E-state index contributed by atoms with van der Waals surface area (Å²) in [7, 11) is 3.72. The van der Waals surface area contributed by atoms with Crippen LogP contribution in [0.1, 0.15) is 26.2 Å². The third-order valence-electron chi connectivity index (χ3n) is 5.09. The van der Waals surface area contributed by atoms with Gasteiger partial charge in [-0.2, -0.15) is 0 Å². The molecule has 1 fully saturated rings. The second-order valence-electron chi connectivity index (χ2n) is 7.30. The molecular formula is C23H30N2O4. The predicted octanol–water partition coefficient (Wildman–Crippen LogP) is 3.96. The molecule has 1 atom stereocenters. The van der Waals surface area contributed by atoms with Crippen LogP contribution < -0.4 is 19.5 Å². The van der Waals surface area contributed by atoms with Crippen LogP contribution in [0, 0.1) is 0 Å². The third kappa shape index (κ3) is 5.87. The Labute approximate surface area is 172 Å². The van der Waals surface area contributed by atoms with E-state index in [2.05, 4.69) is 17.3 Å². The van der Waals surface area contributed by atoms with Gasteiger partial charge in [-0.25, -0.2) is 0 Å². The van der Waals surface area contributed by atoms with Crippen LogP contribution in [0.4, 0.5) is 5.69 Å². The van der Waals surface area contributed by atoms with Crippen LogP contribution in [0.25, 0.3) is 0 Å². The number of hydrogen-bond donors (Lipinski definition) is 1. The summed E-state index contributed by atoms with van der Waals surface area (Å²) in [4.78, 5) is 15.0. The number of methoxy groups -OCH3 is 1. The van der Waals surface area contributed by atoms with Crippen molar-refractivity contribution in [2.75, 3.05) is 32.6 Å². The number of ether oxygens (including phenoxy) is 3. The Bertz CT molecular complexity index is 786. The van der Waals surface area contributed by atoms with E-state index in [1.807, 2.05) is 49.4 Å². The average molecular weight is 399 g/mol. The molecular weight excluding hydrogens is 368 g/mol. The Kier molecular flexibility index (Phi) is 7.36. The van der Waals surface area contributed by atoms with Gasteiger partial charge in [0, 0.05) is 18.8 Å². The van der Waals surface area contributed by atoms with Gasteiger partial charge in [0.2, 0.25) is 0 Å². The number of piperidine rings is 1. The van der Waals surface area contributed by atoms with Crippen LogP contribution in [0.15, 0.2) is 48.5 Å². The first-order valence-electron chi connectivity index (χ1n) is 10.1. The number of carbonyl (C=O) groups is 1. The fourth-order valence-corrected chi connectivity index (χ4v) is 3.33. The Balaban J connectivity index is 1.56. The molecule has 29 heavy (non-hydrogen) atoms. The summed E-state index contributed by atoms with van der Waals surface area (Å²) in [6, 6.07) is 14.8. The van der Waals surface area contributed by atoms with E-state index >= 15 is 0 Å². The van der Waals surface area contributed by atoms with Crippen LogP contribution >= 0.6 is 0 Å². The minimum absolute atomic E-state index is 0.192. The van der Waals surface area contributed by atoms with E-state index < -0.39 is 6.10 Å². The highest BCUT2D eigenvalue weighted by molar-refractivity contribution is 5.94. The number of benzene rings is 2. The fraction of sp³-hybridized carbons (Fsp3) is 0.435. The SMILES string of the molecule is CC[C@H](Oc1ccccc1OC)C(=O)Nc1ccc(OC2CCN(C)CC2)cc1. The lowest BCUT2D eigenvalue weighted by molar-refractivity contribution is -0.122. The standard InChI is InChI=1S/C23H30N2O4/c1-4-20(29-22-8-6-5-7-21(22)27-3)23(26)24-17-9-11-18(12-10-17)28-19-13-15-25(2)16-14-19/h5-12,19-20H,4,13-16H2,1-3H3,(H,24,26)/t20-/m0/s1. The van der Waals surface area contributed by atoms with Crippen molar-refractivity contribution in [1.82, 2.24) is 4.90 Å². The van der Waals surface area contributed by atoms with Gasteiger partial charge < -0.3 is 24.4 Å². The molecule has 0 aliphatic carbocycles. The van der Waals surface area contributed by atoms with E-state index in [1.165, 1.54) is 0 Å². The lowest BCUT2D eigenvalue weighted by atomic mass is 10.1. The minimum atomic E-state index is -0.610. The molecule has 6 nitrogen and oxygen atoms in total. The van der Waals surface area contributed by atoms with Gasteiger partial charge >= 0.3 is 0 Å². The molecule has 0 bridgehead atoms. The van der Waals surface area contributed by atoms with E-state index in [1.54, 1.807) is 13.2 Å². The van der Waals surface area contributed by atoms with E-state index in [-0.39, 0.29) is 12.0 Å². The van der Waals surface area contributed by atoms with E-state index in [0.29, 0.717) is 23.6 Å². The summed E-state index contributed by atoms with van der Waals surface area (Å²) >= 11 is 0. The number of nitrogens with zero attached hydrogens (tertiary/aromatic N) is 1. The van der Waals surface area contributed by atoms with Crippen LogP contribution in [0.2, 0.25) is 0 Å². The highest BCUT2D eigenvalue weighted by atomic mass is 16.5. The molecule has 1 aliphatic heterocycles. The Morgan fingerprint density at radius 2 is 1.76 bits per heavy atom. The Hall–Kier alpha value is -2.73. The van der Waals surface area contributed by atoms with E-state index in [4.69, 9.17) is 14.2 Å². The van der Waals surface area contributed by atoms with Gasteiger partial charge in [-0.05, 0) is 62.7 Å². The van der Waals surface area contributed by atoms with Crippen molar-refractivity contribution in [2.45, 2.75) is 38.4 Å². The zero-order chi connectivity index (χ0) is 20.6. The number of para-hydroxylation sites is 2. The highest BCUT2D eigenvalue weighted by Crippen LogP contribution is 2.28. The molecule has 1 N–H and O–H groups in total. The monoisotopic (exact) mass is 398 g/mol. The van der Waals surface area contributed by atoms with Gasteiger partial charge in [0.25, 0.3) is 5.91 Å². The molecule has 3 rings (SSSR count). The van der Waals surface area contributed by atoms with Gasteiger partial charge in [-0.3, -0.25) is 4.79 Å². The van der Waals surface area contributed by atoms with Gasteiger partial charge in [-0.15, -0.1) is 0 Å². The number of amides is 1. The molecule has 1 aliphatic rings. The molecule has 0 radical (unpaired) electrons. The van der Waals surface area contributed by atoms with Crippen LogP contribution in [-0.2, 0) is 4.79 Å². The fourth-order valence-electron chi connectivity index (χ4n) is 3.33. The molecule has 2 aromatic carbocycles. The molecule has 0 aromatic heterocycles. The molecule has 0 unspecified atom stereocenters. The normalized spacial score (nSPS) is 16.1. The van der Waals surface area contributed by atoms with Crippen molar-refractivity contribution in [3.63, 3.8) is 0 Å². The van der Waals surface area contributed by atoms with Crippen molar-refractivity contribution >= 4 is 11.6 Å². The highest BCUT2D eigenvalue weighted by Gasteiger charge is 2.21. The smallest absolute Gasteiger partial charge is 0.265 e. The molecule has 0 saturated carbocycles. The maximum Gasteiger partial charge on any atom is 0.265 e. The molecule has 6 heteroatoms. The summed E-state index contributed by atoms with van der Waals surface area (Å²) < 4.78 is 17.2. The van der Waals surface area contributed by atoms with Crippen molar-refractivity contribution in [1.29, 1.82) is 0 Å². The second kappa shape index (κ2) is 10.2. The Morgan fingerprint density at radius 3 is 2.38 bits per heavy atom. The largest absolute Gasteiger partial charge is 0.493 e. The first-order chi connectivity index (χ1) is 14.1. The number of likely N-dealkylation sites (tertiary alicyclic amines) is 1. The van der Waals surface area contributed by atoms with E-state index in [9.17, 15) is 4.79 Å². The second-order valence-corrected chi connectivity index (χ2v) is 7.30. The maximum atomic E-state index is 12.7. The summed E-state index contributed by atoms with van der Waals surface area (Å²) in [5, 5.41) is 2.92. The van der Waals surface area contributed by atoms with Crippen LogP contribution in [0.5, 0.6) is 17.2 Å². The van der Waals surface area contributed by atoms with Gasteiger partial charge in [0.15, 0.2) is 17.6 Å². The Morgan fingerprint density at radius 1 is 1.10 bits per heavy atom. The molecule has 2 aromatic rings. The average Bonchev–Trinajstić information content (AvgIpc) is 2.75. The third-order valence-corrected chi connectivity index (χ3v) is 5.09. The first kappa shape index (κ1) is 21.0. The van der Waals surface area contributed by atoms with Crippen LogP contribution in [0.3, 0.4) is 0 Å². The number of rotatable bonds is 8. The zero-order valence-electron chi connectivity index (χ0n) is 17.4. The lowest BCUT2D eigenvalue weighted by Gasteiger charge is -2.29. The van der Waals surface area contributed by atoms with Crippen molar-refractivity contribution in [2.24, 2.45) is 0 Å².